The van der Waals surface area contributed by atoms with Gasteiger partial charge >= 0.3 is 0 Å². The Labute approximate surface area is 125 Å². The zero-order valence-electron chi connectivity index (χ0n) is 12.5. The van der Waals surface area contributed by atoms with E-state index in [9.17, 15) is 10.1 Å². The van der Waals surface area contributed by atoms with Crippen LogP contribution < -0.4 is 10.1 Å². The van der Waals surface area contributed by atoms with Gasteiger partial charge in [0.05, 0.1) is 12.0 Å². The van der Waals surface area contributed by atoms with Gasteiger partial charge in [-0.2, -0.15) is 0 Å². The quantitative estimate of drug-likeness (QED) is 0.474. The summed E-state index contributed by atoms with van der Waals surface area (Å²) in [7, 11) is 1.58. The smallest absolute Gasteiger partial charge is 0.270 e. The Morgan fingerprint density at radius 2 is 2.10 bits per heavy atom. The molecule has 0 atom stereocenters. The SMILES string of the molecule is COc1ccc([N+](=O)[O-])cc1CNCCN1CCCCC1. The molecule has 0 aliphatic carbocycles. The van der Waals surface area contributed by atoms with Crippen molar-refractivity contribution in [2.24, 2.45) is 0 Å². The van der Waals surface area contributed by atoms with E-state index in [1.165, 1.54) is 38.4 Å². The van der Waals surface area contributed by atoms with Gasteiger partial charge in [0.15, 0.2) is 0 Å². The normalized spacial score (nSPS) is 15.9. The number of nitrogens with one attached hydrogen (secondary N) is 1. The predicted molar refractivity (Wildman–Crippen MR) is 81.6 cm³/mol. The summed E-state index contributed by atoms with van der Waals surface area (Å²) in [4.78, 5) is 12.9. The Morgan fingerprint density at radius 3 is 2.76 bits per heavy atom. The minimum atomic E-state index is -0.378. The summed E-state index contributed by atoms with van der Waals surface area (Å²) in [6.07, 6.45) is 3.92. The molecule has 0 saturated carbocycles. The van der Waals surface area contributed by atoms with Crippen molar-refractivity contribution in [2.45, 2.75) is 25.8 Å². The first-order chi connectivity index (χ1) is 10.2. The molecular weight excluding hydrogens is 270 g/mol. The molecule has 6 nitrogen and oxygen atoms in total. The van der Waals surface area contributed by atoms with Crippen LogP contribution in [0.25, 0.3) is 0 Å². The lowest BCUT2D eigenvalue weighted by Crippen LogP contribution is -2.35. The second-order valence-electron chi connectivity index (χ2n) is 5.33. The molecule has 1 aromatic carbocycles. The lowest BCUT2D eigenvalue weighted by molar-refractivity contribution is -0.384. The van der Waals surface area contributed by atoms with Crippen LogP contribution in [0.15, 0.2) is 18.2 Å². The number of non-ortho nitro benzene ring substituents is 1. The fraction of sp³-hybridized carbons (Fsp3) is 0.600. The molecule has 0 unspecified atom stereocenters. The van der Waals surface area contributed by atoms with Crippen molar-refractivity contribution >= 4 is 5.69 Å². The lowest BCUT2D eigenvalue weighted by Gasteiger charge is -2.26. The van der Waals surface area contributed by atoms with Crippen LogP contribution in [0.5, 0.6) is 5.75 Å². The van der Waals surface area contributed by atoms with Gasteiger partial charge in [0.2, 0.25) is 0 Å². The van der Waals surface area contributed by atoms with Crippen molar-refractivity contribution < 1.29 is 9.66 Å². The number of ether oxygens (including phenoxy) is 1. The molecule has 0 aromatic heterocycles. The lowest BCUT2D eigenvalue weighted by atomic mass is 10.1. The maximum absolute atomic E-state index is 10.8. The molecule has 1 aromatic rings. The summed E-state index contributed by atoms with van der Waals surface area (Å²) in [6.45, 7) is 4.85. The van der Waals surface area contributed by atoms with Gasteiger partial charge in [0, 0.05) is 37.3 Å². The summed E-state index contributed by atoms with van der Waals surface area (Å²) < 4.78 is 5.25. The minimum Gasteiger partial charge on any atom is -0.496 e. The first kappa shape index (κ1) is 15.7. The van der Waals surface area contributed by atoms with E-state index < -0.39 is 0 Å². The van der Waals surface area contributed by atoms with Crippen molar-refractivity contribution in [1.82, 2.24) is 10.2 Å². The molecule has 1 aliphatic rings. The maximum Gasteiger partial charge on any atom is 0.270 e. The summed E-state index contributed by atoms with van der Waals surface area (Å²) in [5.41, 5.74) is 0.925. The number of benzene rings is 1. The molecule has 6 heteroatoms. The third-order valence-corrected chi connectivity index (χ3v) is 3.84. The molecule has 0 spiro atoms. The van der Waals surface area contributed by atoms with E-state index in [4.69, 9.17) is 4.74 Å². The fourth-order valence-corrected chi connectivity index (χ4v) is 2.66. The number of nitro benzene ring substituents is 1. The topological polar surface area (TPSA) is 67.6 Å². The third-order valence-electron chi connectivity index (χ3n) is 3.84. The Hall–Kier alpha value is -1.66. The zero-order chi connectivity index (χ0) is 15.1. The highest BCUT2D eigenvalue weighted by Crippen LogP contribution is 2.23. The van der Waals surface area contributed by atoms with Gasteiger partial charge in [-0.25, -0.2) is 0 Å². The van der Waals surface area contributed by atoms with E-state index in [0.717, 1.165) is 18.7 Å². The number of hydrogen-bond acceptors (Lipinski definition) is 5. The number of nitro groups is 1. The Morgan fingerprint density at radius 1 is 1.33 bits per heavy atom. The molecular formula is C15H23N3O3. The van der Waals surface area contributed by atoms with Crippen LogP contribution in [0.4, 0.5) is 5.69 Å². The molecule has 1 heterocycles. The Bertz CT molecular complexity index is 473. The highest BCUT2D eigenvalue weighted by atomic mass is 16.6. The first-order valence-corrected chi connectivity index (χ1v) is 7.45. The average molecular weight is 293 g/mol. The second kappa shape index (κ2) is 7.95. The predicted octanol–water partition coefficient (Wildman–Crippen LogP) is 2.18. The minimum absolute atomic E-state index is 0.101. The highest BCUT2D eigenvalue weighted by Gasteiger charge is 2.12. The van der Waals surface area contributed by atoms with Crippen LogP contribution in [0, 0.1) is 10.1 Å². The molecule has 116 valence electrons. The molecule has 1 aliphatic heterocycles. The van der Waals surface area contributed by atoms with Crippen LogP contribution in [0.2, 0.25) is 0 Å². The molecule has 21 heavy (non-hydrogen) atoms. The van der Waals surface area contributed by atoms with Gasteiger partial charge in [0.1, 0.15) is 5.75 Å². The van der Waals surface area contributed by atoms with Crippen molar-refractivity contribution in [2.75, 3.05) is 33.3 Å². The summed E-state index contributed by atoms with van der Waals surface area (Å²) in [5, 5.41) is 14.2. The fourth-order valence-electron chi connectivity index (χ4n) is 2.66. The van der Waals surface area contributed by atoms with E-state index in [-0.39, 0.29) is 10.6 Å². The third kappa shape index (κ3) is 4.68. The molecule has 0 bridgehead atoms. The number of nitrogens with zero attached hydrogens (tertiary/aromatic N) is 2. The molecule has 1 fully saturated rings. The van der Waals surface area contributed by atoms with Crippen LogP contribution in [0.1, 0.15) is 24.8 Å². The largest absolute Gasteiger partial charge is 0.496 e. The molecule has 0 amide bonds. The van der Waals surface area contributed by atoms with E-state index in [2.05, 4.69) is 10.2 Å². The highest BCUT2D eigenvalue weighted by molar-refractivity contribution is 5.43. The van der Waals surface area contributed by atoms with E-state index in [1.807, 2.05) is 0 Å². The molecule has 2 rings (SSSR count). The standard InChI is InChI=1S/C15H23N3O3/c1-21-15-6-5-14(18(19)20)11-13(15)12-16-7-10-17-8-3-2-4-9-17/h5-6,11,16H,2-4,7-10,12H2,1H3. The van der Waals surface area contributed by atoms with Crippen molar-refractivity contribution in [3.05, 3.63) is 33.9 Å². The zero-order valence-corrected chi connectivity index (χ0v) is 12.5. The number of likely N-dealkylation sites (tertiary alicyclic amines) is 1. The number of rotatable bonds is 7. The van der Waals surface area contributed by atoms with Crippen LogP contribution in [0.3, 0.4) is 0 Å². The number of hydrogen-bond donors (Lipinski definition) is 1. The van der Waals surface area contributed by atoms with Crippen LogP contribution >= 0.6 is 0 Å². The van der Waals surface area contributed by atoms with Crippen molar-refractivity contribution in [1.29, 1.82) is 0 Å². The van der Waals surface area contributed by atoms with Crippen molar-refractivity contribution in [3.8, 4) is 5.75 Å². The van der Waals surface area contributed by atoms with Gasteiger partial charge in [0.25, 0.3) is 5.69 Å². The average Bonchev–Trinajstić information content (AvgIpc) is 2.52. The van der Waals surface area contributed by atoms with E-state index in [1.54, 1.807) is 19.2 Å². The maximum atomic E-state index is 10.8. The monoisotopic (exact) mass is 293 g/mol. The van der Waals surface area contributed by atoms with E-state index >= 15 is 0 Å². The Kier molecular flexibility index (Phi) is 5.95. The number of piperidine rings is 1. The van der Waals surface area contributed by atoms with Crippen molar-refractivity contribution in [3.63, 3.8) is 0 Å². The summed E-state index contributed by atoms with van der Waals surface area (Å²) in [6, 6.07) is 4.70. The Balaban J connectivity index is 1.83. The van der Waals surface area contributed by atoms with Crippen LogP contribution in [-0.2, 0) is 6.54 Å². The first-order valence-electron chi connectivity index (χ1n) is 7.45. The van der Waals surface area contributed by atoms with Gasteiger partial charge < -0.3 is 15.0 Å². The van der Waals surface area contributed by atoms with E-state index in [0.29, 0.717) is 12.3 Å². The molecule has 1 N–H and O–H groups in total. The number of methoxy groups -OCH3 is 1. The molecule has 0 radical (unpaired) electrons. The van der Waals surface area contributed by atoms with Gasteiger partial charge in [-0.15, -0.1) is 0 Å². The van der Waals surface area contributed by atoms with Crippen LogP contribution in [-0.4, -0.2) is 43.1 Å². The molecule has 1 saturated heterocycles. The second-order valence-corrected chi connectivity index (χ2v) is 5.33. The van der Waals surface area contributed by atoms with Gasteiger partial charge in [-0.1, -0.05) is 6.42 Å². The van der Waals surface area contributed by atoms with Gasteiger partial charge in [-0.05, 0) is 32.0 Å². The van der Waals surface area contributed by atoms with Gasteiger partial charge in [-0.3, -0.25) is 10.1 Å². The summed E-state index contributed by atoms with van der Waals surface area (Å²) in [5.74, 6) is 0.686. The summed E-state index contributed by atoms with van der Waals surface area (Å²) >= 11 is 0.